The molecule has 0 radical (unpaired) electrons. The molecule has 0 fully saturated rings. The summed E-state index contributed by atoms with van der Waals surface area (Å²) in [5.41, 5.74) is 0.451. The van der Waals surface area contributed by atoms with Crippen LogP contribution in [0.3, 0.4) is 0 Å². The Morgan fingerprint density at radius 1 is 0.947 bits per heavy atom. The van der Waals surface area contributed by atoms with E-state index in [0.717, 1.165) is 0 Å². The van der Waals surface area contributed by atoms with Gasteiger partial charge >= 0.3 is 5.97 Å². The normalized spacial score (nSPS) is 10.0. The molecule has 0 N–H and O–H groups in total. The predicted molar refractivity (Wildman–Crippen MR) is 66.5 cm³/mol. The van der Waals surface area contributed by atoms with Crippen LogP contribution in [0.15, 0.2) is 40.8 Å². The zero-order valence-electron chi connectivity index (χ0n) is 10.5. The lowest BCUT2D eigenvalue weighted by atomic mass is 10.1. The van der Waals surface area contributed by atoms with Crippen molar-refractivity contribution < 1.29 is 23.5 Å². The summed E-state index contributed by atoms with van der Waals surface area (Å²) in [5, 5.41) is 0. The van der Waals surface area contributed by atoms with Crippen molar-refractivity contribution in [1.82, 2.24) is 0 Å². The third-order valence-electron chi connectivity index (χ3n) is 2.57. The first-order valence-corrected chi connectivity index (χ1v) is 5.52. The molecule has 2 rings (SSSR count). The second-order valence-electron chi connectivity index (χ2n) is 3.71. The fourth-order valence-electron chi connectivity index (χ4n) is 1.55. The van der Waals surface area contributed by atoms with Crippen molar-refractivity contribution in [2.24, 2.45) is 0 Å². The highest BCUT2D eigenvalue weighted by atomic mass is 16.5. The largest absolute Gasteiger partial charge is 0.497 e. The maximum atomic E-state index is 12.1. The fraction of sp³-hybridized carbons (Fsp3) is 0.143. The molecule has 0 spiro atoms. The van der Waals surface area contributed by atoms with Crippen molar-refractivity contribution in [1.29, 1.82) is 0 Å². The molecular weight excluding hydrogens is 248 g/mol. The Labute approximate surface area is 109 Å². The second kappa shape index (κ2) is 5.39. The van der Waals surface area contributed by atoms with E-state index in [1.165, 1.54) is 19.2 Å². The van der Waals surface area contributed by atoms with Crippen molar-refractivity contribution in [3.63, 3.8) is 0 Å². The molecule has 5 heteroatoms. The number of carbonyl (C=O) groups is 2. The van der Waals surface area contributed by atoms with Crippen molar-refractivity contribution in [2.45, 2.75) is 0 Å². The van der Waals surface area contributed by atoms with Gasteiger partial charge in [-0.1, -0.05) is 0 Å². The van der Waals surface area contributed by atoms with Crippen molar-refractivity contribution in [3.05, 3.63) is 53.5 Å². The number of hydrogen-bond donors (Lipinski definition) is 0. The molecule has 0 atom stereocenters. The van der Waals surface area contributed by atoms with Crippen LogP contribution in [0.4, 0.5) is 0 Å². The number of furan rings is 1. The summed E-state index contributed by atoms with van der Waals surface area (Å²) >= 11 is 0. The van der Waals surface area contributed by atoms with Gasteiger partial charge in [0.2, 0.25) is 11.5 Å². The van der Waals surface area contributed by atoms with Gasteiger partial charge in [-0.05, 0) is 36.4 Å². The molecule has 0 unspecified atom stereocenters. The Kier molecular flexibility index (Phi) is 3.66. The summed E-state index contributed by atoms with van der Waals surface area (Å²) in [4.78, 5) is 23.3. The number of rotatable bonds is 4. The maximum absolute atomic E-state index is 12.1. The maximum Gasteiger partial charge on any atom is 0.373 e. The number of esters is 1. The van der Waals surface area contributed by atoms with Crippen molar-refractivity contribution in [3.8, 4) is 5.75 Å². The number of ether oxygens (including phenoxy) is 2. The fourth-order valence-corrected chi connectivity index (χ4v) is 1.55. The Bertz CT molecular complexity index is 595. The molecule has 0 aliphatic carbocycles. The van der Waals surface area contributed by atoms with Gasteiger partial charge in [0.1, 0.15) is 5.75 Å². The summed E-state index contributed by atoms with van der Waals surface area (Å²) in [5.74, 6) is -0.178. The van der Waals surface area contributed by atoms with Gasteiger partial charge in [0.15, 0.2) is 5.76 Å². The number of ketones is 1. The summed E-state index contributed by atoms with van der Waals surface area (Å²) < 4.78 is 14.7. The minimum absolute atomic E-state index is 0.000591. The van der Waals surface area contributed by atoms with Crippen LogP contribution in [0.1, 0.15) is 26.7 Å². The van der Waals surface area contributed by atoms with E-state index >= 15 is 0 Å². The lowest BCUT2D eigenvalue weighted by molar-refractivity contribution is 0.0563. The molecule has 0 saturated carbocycles. The molecule has 2 aromatic rings. The number of hydrogen-bond acceptors (Lipinski definition) is 5. The van der Waals surface area contributed by atoms with E-state index in [2.05, 4.69) is 4.74 Å². The second-order valence-corrected chi connectivity index (χ2v) is 3.71. The highest BCUT2D eigenvalue weighted by Gasteiger charge is 2.17. The summed E-state index contributed by atoms with van der Waals surface area (Å²) in [7, 11) is 2.79. The molecule has 0 amide bonds. The molecule has 0 aliphatic heterocycles. The SMILES string of the molecule is COC(=O)c1ccc(C(=O)c2ccc(OC)cc2)o1. The number of methoxy groups -OCH3 is 2. The molecule has 98 valence electrons. The Morgan fingerprint density at radius 3 is 2.16 bits per heavy atom. The van der Waals surface area contributed by atoms with Gasteiger partial charge in [0.25, 0.3) is 0 Å². The standard InChI is InChI=1S/C14H12O5/c1-17-10-5-3-9(4-6-10)13(15)11-7-8-12(19-11)14(16)18-2/h3-8H,1-2H3. The van der Waals surface area contributed by atoms with Crippen LogP contribution < -0.4 is 4.74 Å². The molecule has 1 aromatic heterocycles. The monoisotopic (exact) mass is 260 g/mol. The van der Waals surface area contributed by atoms with Gasteiger partial charge in [0.05, 0.1) is 14.2 Å². The molecule has 5 nitrogen and oxygen atoms in total. The summed E-state index contributed by atoms with van der Waals surface area (Å²) in [6.45, 7) is 0. The molecule has 0 bridgehead atoms. The first-order valence-electron chi connectivity index (χ1n) is 5.52. The molecular formula is C14H12O5. The van der Waals surface area contributed by atoms with Gasteiger partial charge < -0.3 is 13.9 Å². The van der Waals surface area contributed by atoms with Crippen LogP contribution >= 0.6 is 0 Å². The molecule has 0 aliphatic rings. The highest BCUT2D eigenvalue weighted by Crippen LogP contribution is 2.17. The van der Waals surface area contributed by atoms with E-state index < -0.39 is 5.97 Å². The third kappa shape index (κ3) is 2.65. The number of benzene rings is 1. The van der Waals surface area contributed by atoms with Gasteiger partial charge in [-0.3, -0.25) is 4.79 Å². The minimum Gasteiger partial charge on any atom is -0.497 e. The van der Waals surface area contributed by atoms with E-state index in [4.69, 9.17) is 9.15 Å². The van der Waals surface area contributed by atoms with E-state index in [9.17, 15) is 9.59 Å². The third-order valence-corrected chi connectivity index (χ3v) is 2.57. The molecule has 19 heavy (non-hydrogen) atoms. The van der Waals surface area contributed by atoms with Crippen molar-refractivity contribution in [2.75, 3.05) is 14.2 Å². The zero-order chi connectivity index (χ0) is 13.8. The quantitative estimate of drug-likeness (QED) is 0.623. The van der Waals surface area contributed by atoms with Crippen LogP contribution in [-0.2, 0) is 4.74 Å². The van der Waals surface area contributed by atoms with E-state index in [1.807, 2.05) is 0 Å². The first kappa shape index (κ1) is 12.9. The van der Waals surface area contributed by atoms with Crippen LogP contribution in [-0.4, -0.2) is 26.0 Å². The predicted octanol–water partition coefficient (Wildman–Crippen LogP) is 2.31. The van der Waals surface area contributed by atoms with Gasteiger partial charge in [-0.2, -0.15) is 0 Å². The van der Waals surface area contributed by atoms with Crippen LogP contribution in [0.25, 0.3) is 0 Å². The van der Waals surface area contributed by atoms with Gasteiger partial charge in [-0.15, -0.1) is 0 Å². The Balaban J connectivity index is 2.23. The summed E-state index contributed by atoms with van der Waals surface area (Å²) in [6.07, 6.45) is 0. The van der Waals surface area contributed by atoms with Crippen LogP contribution in [0, 0.1) is 0 Å². The van der Waals surface area contributed by atoms with E-state index in [1.54, 1.807) is 31.4 Å². The molecule has 1 heterocycles. The van der Waals surface area contributed by atoms with Gasteiger partial charge in [-0.25, -0.2) is 4.79 Å². The van der Waals surface area contributed by atoms with Gasteiger partial charge in [0, 0.05) is 5.56 Å². The highest BCUT2D eigenvalue weighted by molar-refractivity contribution is 6.07. The van der Waals surface area contributed by atoms with E-state index in [-0.39, 0.29) is 17.3 Å². The topological polar surface area (TPSA) is 65.7 Å². The summed E-state index contributed by atoms with van der Waals surface area (Å²) in [6, 6.07) is 9.46. The average molecular weight is 260 g/mol. The van der Waals surface area contributed by atoms with Crippen molar-refractivity contribution >= 4 is 11.8 Å². The van der Waals surface area contributed by atoms with E-state index in [0.29, 0.717) is 11.3 Å². The lowest BCUT2D eigenvalue weighted by Crippen LogP contribution is -2.01. The Morgan fingerprint density at radius 2 is 1.58 bits per heavy atom. The molecule has 0 saturated heterocycles. The number of carbonyl (C=O) groups excluding carboxylic acids is 2. The smallest absolute Gasteiger partial charge is 0.373 e. The van der Waals surface area contributed by atoms with Crippen LogP contribution in [0.5, 0.6) is 5.75 Å². The molecule has 1 aromatic carbocycles. The lowest BCUT2D eigenvalue weighted by Gasteiger charge is -2.01. The minimum atomic E-state index is -0.617. The Hall–Kier alpha value is -2.56. The average Bonchev–Trinajstić information content (AvgIpc) is 2.95. The first-order chi connectivity index (χ1) is 9.15. The zero-order valence-corrected chi connectivity index (χ0v) is 10.5. The van der Waals surface area contributed by atoms with Crippen LogP contribution in [0.2, 0.25) is 0 Å².